The second-order valence-electron chi connectivity index (χ2n) is 5.07. The second kappa shape index (κ2) is 5.64. The zero-order valence-corrected chi connectivity index (χ0v) is 9.47. The first-order valence-corrected chi connectivity index (χ1v) is 5.87. The van der Waals surface area contributed by atoms with E-state index in [1.165, 1.54) is 38.6 Å². The summed E-state index contributed by atoms with van der Waals surface area (Å²) in [5, 5.41) is 3.29. The van der Waals surface area contributed by atoms with Gasteiger partial charge in [0.15, 0.2) is 0 Å². The van der Waals surface area contributed by atoms with E-state index in [1.807, 2.05) is 0 Å². The lowest BCUT2D eigenvalue weighted by Crippen LogP contribution is -2.24. The molecule has 0 aromatic heterocycles. The molecule has 0 atom stereocenters. The van der Waals surface area contributed by atoms with Gasteiger partial charge in [0.2, 0.25) is 0 Å². The summed E-state index contributed by atoms with van der Waals surface area (Å²) in [6.45, 7) is 5.92. The molecule has 0 amide bonds. The molecule has 0 heterocycles. The van der Waals surface area contributed by atoms with Gasteiger partial charge < -0.3 is 5.32 Å². The molecule has 0 unspecified atom stereocenters. The van der Waals surface area contributed by atoms with Crippen LogP contribution in [-0.2, 0) is 0 Å². The molecule has 0 spiro atoms. The number of nitrogens with one attached hydrogen (secondary N) is 1. The Hall–Kier alpha value is -0.0400. The van der Waals surface area contributed by atoms with Crippen LogP contribution in [0.3, 0.4) is 0 Å². The largest absolute Gasteiger partial charge is 0.319 e. The average molecular weight is 183 g/mol. The molecule has 1 rings (SSSR count). The summed E-state index contributed by atoms with van der Waals surface area (Å²) in [6.07, 6.45) is 7.32. The van der Waals surface area contributed by atoms with Gasteiger partial charge in [0.1, 0.15) is 0 Å². The monoisotopic (exact) mass is 183 g/mol. The third-order valence-corrected chi connectivity index (χ3v) is 3.26. The van der Waals surface area contributed by atoms with E-state index in [1.54, 1.807) is 0 Å². The molecule has 13 heavy (non-hydrogen) atoms. The van der Waals surface area contributed by atoms with Crippen LogP contribution in [0.25, 0.3) is 0 Å². The summed E-state index contributed by atoms with van der Waals surface area (Å²) >= 11 is 0. The minimum Gasteiger partial charge on any atom is -0.319 e. The number of hydrogen-bond acceptors (Lipinski definition) is 1. The molecule has 1 aliphatic carbocycles. The summed E-state index contributed by atoms with van der Waals surface area (Å²) in [7, 11) is 2.07. The molecule has 1 nitrogen and oxygen atoms in total. The van der Waals surface area contributed by atoms with Crippen molar-refractivity contribution in [1.82, 2.24) is 5.32 Å². The highest BCUT2D eigenvalue weighted by Gasteiger charge is 2.20. The van der Waals surface area contributed by atoms with E-state index in [4.69, 9.17) is 0 Å². The van der Waals surface area contributed by atoms with E-state index in [-0.39, 0.29) is 0 Å². The highest BCUT2D eigenvalue weighted by Crippen LogP contribution is 2.32. The molecule has 1 N–H and O–H groups in total. The summed E-state index contributed by atoms with van der Waals surface area (Å²) in [4.78, 5) is 0. The molecule has 78 valence electrons. The molecule has 1 aliphatic rings. The van der Waals surface area contributed by atoms with Crippen LogP contribution in [0.1, 0.15) is 46.0 Å². The molecule has 0 saturated heterocycles. The predicted molar refractivity (Wildman–Crippen MR) is 58.8 cm³/mol. The predicted octanol–water partition coefficient (Wildman–Crippen LogP) is 3.06. The normalized spacial score (nSPS) is 29.5. The van der Waals surface area contributed by atoms with Crippen molar-refractivity contribution in [3.05, 3.63) is 0 Å². The Bertz CT molecular complexity index is 123. The first-order valence-electron chi connectivity index (χ1n) is 5.87. The van der Waals surface area contributed by atoms with E-state index >= 15 is 0 Å². The fraction of sp³-hybridized carbons (Fsp3) is 1.00. The first-order chi connectivity index (χ1) is 6.22. The van der Waals surface area contributed by atoms with Crippen LogP contribution in [-0.4, -0.2) is 13.6 Å². The molecule has 0 radical (unpaired) electrons. The second-order valence-corrected chi connectivity index (χ2v) is 5.07. The zero-order valence-electron chi connectivity index (χ0n) is 9.47. The van der Waals surface area contributed by atoms with Crippen LogP contribution >= 0.6 is 0 Å². The van der Waals surface area contributed by atoms with Gasteiger partial charge in [0, 0.05) is 0 Å². The van der Waals surface area contributed by atoms with Crippen LogP contribution < -0.4 is 5.32 Å². The summed E-state index contributed by atoms with van der Waals surface area (Å²) in [5.41, 5.74) is 0. The van der Waals surface area contributed by atoms with Crippen molar-refractivity contribution < 1.29 is 0 Å². The van der Waals surface area contributed by atoms with Gasteiger partial charge in [0.25, 0.3) is 0 Å². The third kappa shape index (κ3) is 4.12. The van der Waals surface area contributed by atoms with Crippen LogP contribution in [0.2, 0.25) is 0 Å². The van der Waals surface area contributed by atoms with Crippen molar-refractivity contribution in [2.24, 2.45) is 17.8 Å². The minimum atomic E-state index is 0.894. The van der Waals surface area contributed by atoms with Crippen molar-refractivity contribution in [2.75, 3.05) is 13.6 Å². The maximum Gasteiger partial charge on any atom is -0.00235 e. The molecule has 1 fully saturated rings. The molecule has 1 heteroatoms. The van der Waals surface area contributed by atoms with Gasteiger partial charge in [0.05, 0.1) is 0 Å². The Balaban J connectivity index is 2.15. The Morgan fingerprint density at radius 1 is 1.08 bits per heavy atom. The SMILES string of the molecule is CNCC1CCC(CC(C)C)CC1. The first kappa shape index (κ1) is 11.0. The van der Waals surface area contributed by atoms with Crippen molar-refractivity contribution >= 4 is 0 Å². The van der Waals surface area contributed by atoms with Crippen LogP contribution in [0.5, 0.6) is 0 Å². The average Bonchev–Trinajstić information content (AvgIpc) is 2.08. The van der Waals surface area contributed by atoms with Gasteiger partial charge in [-0.3, -0.25) is 0 Å². The highest BCUT2D eigenvalue weighted by atomic mass is 14.8. The molecule has 0 bridgehead atoms. The van der Waals surface area contributed by atoms with Gasteiger partial charge >= 0.3 is 0 Å². The molecule has 0 aliphatic heterocycles. The fourth-order valence-corrected chi connectivity index (χ4v) is 2.63. The fourth-order valence-electron chi connectivity index (χ4n) is 2.63. The van der Waals surface area contributed by atoms with Gasteiger partial charge in [-0.05, 0) is 50.6 Å². The van der Waals surface area contributed by atoms with Crippen molar-refractivity contribution in [2.45, 2.75) is 46.0 Å². The minimum absolute atomic E-state index is 0.894. The lowest BCUT2D eigenvalue weighted by Gasteiger charge is -2.29. The zero-order chi connectivity index (χ0) is 9.68. The van der Waals surface area contributed by atoms with Crippen LogP contribution in [0.15, 0.2) is 0 Å². The van der Waals surface area contributed by atoms with Crippen LogP contribution in [0.4, 0.5) is 0 Å². The van der Waals surface area contributed by atoms with Gasteiger partial charge in [-0.15, -0.1) is 0 Å². The Kier molecular flexibility index (Phi) is 4.79. The van der Waals surface area contributed by atoms with E-state index in [2.05, 4.69) is 26.2 Å². The lowest BCUT2D eigenvalue weighted by molar-refractivity contribution is 0.242. The van der Waals surface area contributed by atoms with Crippen LogP contribution in [0, 0.1) is 17.8 Å². The lowest BCUT2D eigenvalue weighted by atomic mass is 9.78. The topological polar surface area (TPSA) is 12.0 Å². The summed E-state index contributed by atoms with van der Waals surface area (Å²) in [5.74, 6) is 2.90. The van der Waals surface area contributed by atoms with Gasteiger partial charge in [-0.1, -0.05) is 26.7 Å². The third-order valence-electron chi connectivity index (χ3n) is 3.26. The molecule has 0 aromatic carbocycles. The van der Waals surface area contributed by atoms with E-state index in [0.29, 0.717) is 0 Å². The van der Waals surface area contributed by atoms with E-state index in [9.17, 15) is 0 Å². The van der Waals surface area contributed by atoms with E-state index in [0.717, 1.165) is 17.8 Å². The molecular formula is C12H25N. The Labute approximate surface area is 83.3 Å². The maximum atomic E-state index is 3.29. The smallest absolute Gasteiger partial charge is 0.00235 e. The standard InChI is InChI=1S/C12H25N/c1-10(2)8-11-4-6-12(7-5-11)9-13-3/h10-13H,4-9H2,1-3H3. The van der Waals surface area contributed by atoms with Gasteiger partial charge in [-0.25, -0.2) is 0 Å². The van der Waals surface area contributed by atoms with Crippen molar-refractivity contribution in [3.63, 3.8) is 0 Å². The summed E-state index contributed by atoms with van der Waals surface area (Å²) < 4.78 is 0. The Morgan fingerprint density at radius 3 is 2.08 bits per heavy atom. The number of hydrogen-bond donors (Lipinski definition) is 1. The van der Waals surface area contributed by atoms with Crippen molar-refractivity contribution in [3.8, 4) is 0 Å². The van der Waals surface area contributed by atoms with Crippen molar-refractivity contribution in [1.29, 1.82) is 0 Å². The molecule has 0 aromatic rings. The van der Waals surface area contributed by atoms with Gasteiger partial charge in [-0.2, -0.15) is 0 Å². The number of rotatable bonds is 4. The maximum absolute atomic E-state index is 3.29. The molecule has 1 saturated carbocycles. The highest BCUT2D eigenvalue weighted by molar-refractivity contribution is 4.74. The summed E-state index contributed by atoms with van der Waals surface area (Å²) in [6, 6.07) is 0. The van der Waals surface area contributed by atoms with E-state index < -0.39 is 0 Å². The quantitative estimate of drug-likeness (QED) is 0.706. The Morgan fingerprint density at radius 2 is 1.62 bits per heavy atom. The molecular weight excluding hydrogens is 158 g/mol.